The quantitative estimate of drug-likeness (QED) is 0.744. The second-order valence-electron chi connectivity index (χ2n) is 6.10. The lowest BCUT2D eigenvalue weighted by molar-refractivity contribution is 0.0880. The molecule has 2 aliphatic heterocycles. The van der Waals surface area contributed by atoms with E-state index in [2.05, 4.69) is 26.1 Å². The molecule has 0 atom stereocenters. The number of nitrogens with zero attached hydrogens (tertiary/aromatic N) is 2. The van der Waals surface area contributed by atoms with Crippen molar-refractivity contribution in [3.05, 3.63) is 50.2 Å². The Labute approximate surface area is 151 Å². The first-order chi connectivity index (χ1) is 12.0. The van der Waals surface area contributed by atoms with Gasteiger partial charge >= 0.3 is 0 Å². The molecular weight excluding hydrogens is 388 g/mol. The molecule has 2 amide bonds. The lowest BCUT2D eigenvalue weighted by Crippen LogP contribution is -2.27. The third kappa shape index (κ3) is 2.44. The number of hydrogen-bond acceptors (Lipinski definition) is 5. The van der Waals surface area contributed by atoms with Crippen molar-refractivity contribution in [2.45, 2.75) is 12.8 Å². The number of nitrogens with one attached hydrogen (secondary N) is 1. The minimum atomic E-state index is -0.591. The summed E-state index contributed by atoms with van der Waals surface area (Å²) >= 11 is 3.47. The zero-order valence-electron chi connectivity index (χ0n) is 13.2. The maximum atomic E-state index is 12.7. The predicted molar refractivity (Wildman–Crippen MR) is 97.4 cm³/mol. The topological polar surface area (TPSA) is 97.4 Å². The molecule has 0 radical (unpaired) electrons. The van der Waals surface area contributed by atoms with Gasteiger partial charge in [-0.2, -0.15) is 0 Å². The van der Waals surface area contributed by atoms with E-state index in [0.29, 0.717) is 5.69 Å². The lowest BCUT2D eigenvalue weighted by Gasteiger charge is -2.23. The van der Waals surface area contributed by atoms with Crippen LogP contribution >= 0.6 is 15.9 Å². The van der Waals surface area contributed by atoms with Crippen molar-refractivity contribution < 1.29 is 9.59 Å². The van der Waals surface area contributed by atoms with Gasteiger partial charge in [-0.3, -0.25) is 24.3 Å². The van der Waals surface area contributed by atoms with Crippen molar-refractivity contribution in [3.63, 3.8) is 0 Å². The van der Waals surface area contributed by atoms with E-state index in [9.17, 15) is 14.4 Å². The molecule has 2 aromatic rings. The molecule has 8 heteroatoms. The van der Waals surface area contributed by atoms with Crippen LogP contribution < -0.4 is 21.5 Å². The monoisotopic (exact) mass is 402 g/mol. The number of nitrogen functional groups attached to an aromatic ring is 1. The number of fused-ring (bicyclic) bond motifs is 1. The zero-order valence-corrected chi connectivity index (χ0v) is 14.8. The average Bonchev–Trinajstić information content (AvgIpc) is 3.17. The van der Waals surface area contributed by atoms with Crippen LogP contribution in [0, 0.1) is 0 Å². The number of pyridine rings is 1. The number of benzene rings is 1. The number of aromatic nitrogens is 1. The second-order valence-corrected chi connectivity index (χ2v) is 7.02. The highest BCUT2D eigenvalue weighted by molar-refractivity contribution is 9.10. The van der Waals surface area contributed by atoms with Gasteiger partial charge in [0.25, 0.3) is 17.4 Å². The number of carbonyl (C=O) groups excluding carboxylic acids is 2. The number of carbonyl (C=O) groups is 2. The standard InChI is InChI=1S/C17H15BrN4O3/c18-9-3-4-11(12(7-9)21-5-1-2-6-21)22-13(23)8-10-14(15(22)19)17(25)20-16(10)24/h3-4,7-8H,1-2,5-6,19H2,(H,20,24,25). The van der Waals surface area contributed by atoms with Gasteiger partial charge in [-0.15, -0.1) is 0 Å². The number of hydrogen-bond donors (Lipinski definition) is 2. The van der Waals surface area contributed by atoms with E-state index in [1.54, 1.807) is 6.07 Å². The van der Waals surface area contributed by atoms with Gasteiger partial charge in [-0.05, 0) is 31.0 Å². The van der Waals surface area contributed by atoms with Crippen molar-refractivity contribution >= 4 is 39.2 Å². The van der Waals surface area contributed by atoms with E-state index in [4.69, 9.17) is 5.73 Å². The fraction of sp³-hybridized carbons (Fsp3) is 0.235. The molecule has 1 aromatic heterocycles. The van der Waals surface area contributed by atoms with Crippen LogP contribution in [0.2, 0.25) is 0 Å². The molecule has 0 saturated carbocycles. The van der Waals surface area contributed by atoms with Crippen molar-refractivity contribution in [3.8, 4) is 5.69 Å². The molecule has 1 fully saturated rings. The van der Waals surface area contributed by atoms with Crippen LogP contribution in [-0.4, -0.2) is 29.5 Å². The molecular formula is C17H15BrN4O3. The lowest BCUT2D eigenvalue weighted by atomic mass is 10.1. The Kier molecular flexibility index (Phi) is 3.64. The number of nitrogens with two attached hydrogens (primary N) is 1. The van der Waals surface area contributed by atoms with E-state index in [-0.39, 0.29) is 16.9 Å². The van der Waals surface area contributed by atoms with Crippen LogP contribution in [0.4, 0.5) is 11.5 Å². The van der Waals surface area contributed by atoms with Gasteiger partial charge in [0, 0.05) is 23.6 Å². The smallest absolute Gasteiger partial charge is 0.262 e. The van der Waals surface area contributed by atoms with E-state index >= 15 is 0 Å². The summed E-state index contributed by atoms with van der Waals surface area (Å²) in [6.45, 7) is 1.78. The summed E-state index contributed by atoms with van der Waals surface area (Å²) in [7, 11) is 0. The predicted octanol–water partition coefficient (Wildman–Crippen LogP) is 1.67. The summed E-state index contributed by atoms with van der Waals surface area (Å²) in [5, 5.41) is 2.18. The van der Waals surface area contributed by atoms with Gasteiger partial charge in [0.1, 0.15) is 5.82 Å². The molecule has 7 nitrogen and oxygen atoms in total. The summed E-state index contributed by atoms with van der Waals surface area (Å²) < 4.78 is 2.19. The van der Waals surface area contributed by atoms with Gasteiger partial charge in [-0.25, -0.2) is 0 Å². The van der Waals surface area contributed by atoms with Crippen LogP contribution in [0.15, 0.2) is 33.5 Å². The Balaban J connectivity index is 1.98. The Morgan fingerprint density at radius 2 is 1.72 bits per heavy atom. The Morgan fingerprint density at radius 1 is 1.00 bits per heavy atom. The number of halogens is 1. The highest BCUT2D eigenvalue weighted by Crippen LogP contribution is 2.32. The Morgan fingerprint density at radius 3 is 2.44 bits per heavy atom. The summed E-state index contributed by atoms with van der Waals surface area (Å²) in [6.07, 6.45) is 2.16. The molecule has 0 spiro atoms. The first-order valence-electron chi connectivity index (χ1n) is 7.93. The number of rotatable bonds is 2. The number of amides is 2. The molecule has 3 heterocycles. The molecule has 0 bridgehead atoms. The van der Waals surface area contributed by atoms with Crippen molar-refractivity contribution in [1.82, 2.24) is 9.88 Å². The van der Waals surface area contributed by atoms with Gasteiger partial charge in [0.05, 0.1) is 22.5 Å². The van der Waals surface area contributed by atoms with Crippen molar-refractivity contribution in [2.75, 3.05) is 23.7 Å². The Bertz CT molecular complexity index is 977. The van der Waals surface area contributed by atoms with Gasteiger partial charge in [0.15, 0.2) is 0 Å². The van der Waals surface area contributed by atoms with Crippen molar-refractivity contribution in [1.29, 1.82) is 0 Å². The summed E-state index contributed by atoms with van der Waals surface area (Å²) in [5.41, 5.74) is 7.26. The van der Waals surface area contributed by atoms with Crippen LogP contribution in [0.1, 0.15) is 33.6 Å². The third-order valence-electron chi connectivity index (χ3n) is 4.58. The maximum Gasteiger partial charge on any atom is 0.262 e. The van der Waals surface area contributed by atoms with Crippen molar-refractivity contribution in [2.24, 2.45) is 0 Å². The summed E-state index contributed by atoms with van der Waals surface area (Å²) in [5.74, 6) is -1.19. The zero-order chi connectivity index (χ0) is 17.7. The van der Waals surface area contributed by atoms with Crippen LogP contribution in [-0.2, 0) is 0 Å². The molecule has 1 saturated heterocycles. The fourth-order valence-corrected chi connectivity index (χ4v) is 3.77. The number of imide groups is 1. The number of anilines is 2. The largest absolute Gasteiger partial charge is 0.384 e. The first kappa shape index (κ1) is 15.9. The molecule has 3 N–H and O–H groups in total. The summed E-state index contributed by atoms with van der Waals surface area (Å²) in [6, 6.07) is 6.71. The van der Waals surface area contributed by atoms with E-state index in [1.807, 2.05) is 12.1 Å². The molecule has 25 heavy (non-hydrogen) atoms. The van der Waals surface area contributed by atoms with Gasteiger partial charge < -0.3 is 10.6 Å². The first-order valence-corrected chi connectivity index (χ1v) is 8.73. The molecule has 0 unspecified atom stereocenters. The van der Waals surface area contributed by atoms with E-state index < -0.39 is 17.4 Å². The normalized spacial score (nSPS) is 16.3. The maximum absolute atomic E-state index is 12.7. The average molecular weight is 403 g/mol. The molecule has 0 aliphatic carbocycles. The minimum absolute atomic E-state index is 0.0198. The van der Waals surface area contributed by atoms with E-state index in [1.165, 1.54) is 10.6 Å². The summed E-state index contributed by atoms with van der Waals surface area (Å²) in [4.78, 5) is 38.7. The van der Waals surface area contributed by atoms with E-state index in [0.717, 1.165) is 36.1 Å². The van der Waals surface area contributed by atoms with Gasteiger partial charge in [-0.1, -0.05) is 15.9 Å². The molecule has 128 valence electrons. The Hall–Kier alpha value is -2.61. The second kappa shape index (κ2) is 5.73. The fourth-order valence-electron chi connectivity index (χ4n) is 3.42. The van der Waals surface area contributed by atoms with Crippen LogP contribution in [0.5, 0.6) is 0 Å². The minimum Gasteiger partial charge on any atom is -0.384 e. The molecule has 1 aromatic carbocycles. The highest BCUT2D eigenvalue weighted by atomic mass is 79.9. The molecule has 4 rings (SSSR count). The molecule has 2 aliphatic rings. The third-order valence-corrected chi connectivity index (χ3v) is 5.07. The highest BCUT2D eigenvalue weighted by Gasteiger charge is 2.32. The van der Waals surface area contributed by atoms with Crippen LogP contribution in [0.3, 0.4) is 0 Å². The van der Waals surface area contributed by atoms with Crippen LogP contribution in [0.25, 0.3) is 5.69 Å². The SMILES string of the molecule is Nc1c2c(cc(=O)n1-c1ccc(Br)cc1N1CCCC1)C(=O)NC2=O. The van der Waals surface area contributed by atoms with Gasteiger partial charge in [0.2, 0.25) is 0 Å².